The van der Waals surface area contributed by atoms with E-state index < -0.39 is 0 Å². The molecule has 1 aliphatic rings. The Morgan fingerprint density at radius 2 is 2.26 bits per heavy atom. The van der Waals surface area contributed by atoms with Crippen molar-refractivity contribution in [2.24, 2.45) is 0 Å². The first kappa shape index (κ1) is 12.4. The quantitative estimate of drug-likeness (QED) is 0.853. The molecular formula is C14H18N4S. The fourth-order valence-corrected chi connectivity index (χ4v) is 2.99. The van der Waals surface area contributed by atoms with E-state index in [-0.39, 0.29) is 0 Å². The van der Waals surface area contributed by atoms with Gasteiger partial charge in [0.1, 0.15) is 0 Å². The minimum atomic E-state index is 0.691. The van der Waals surface area contributed by atoms with E-state index in [2.05, 4.69) is 47.1 Å². The minimum absolute atomic E-state index is 0.691. The maximum Gasteiger partial charge on any atom is 0.230 e. The third-order valence-corrected chi connectivity index (χ3v) is 3.96. The fourth-order valence-electron chi connectivity index (χ4n) is 2.73. The molecule has 1 aromatic carbocycles. The first-order valence-corrected chi connectivity index (χ1v) is 7.14. The molecule has 0 atom stereocenters. The van der Waals surface area contributed by atoms with Crippen LogP contribution >= 0.6 is 12.2 Å². The highest BCUT2D eigenvalue weighted by molar-refractivity contribution is 7.71. The van der Waals surface area contributed by atoms with Gasteiger partial charge in [-0.2, -0.15) is 0 Å². The molecule has 2 aromatic rings. The van der Waals surface area contributed by atoms with Crippen molar-refractivity contribution in [2.75, 3.05) is 11.4 Å². The molecule has 0 fully saturated rings. The molecule has 19 heavy (non-hydrogen) atoms. The third kappa shape index (κ3) is 2.08. The van der Waals surface area contributed by atoms with E-state index in [4.69, 9.17) is 12.2 Å². The second-order valence-electron chi connectivity index (χ2n) is 4.96. The van der Waals surface area contributed by atoms with Gasteiger partial charge in [-0.25, -0.2) is 5.10 Å². The molecule has 3 rings (SSSR count). The lowest BCUT2D eigenvalue weighted by Gasteiger charge is -2.30. The fraction of sp³-hybridized carbons (Fsp3) is 0.429. The molecule has 0 saturated heterocycles. The van der Waals surface area contributed by atoms with Crippen LogP contribution in [-0.4, -0.2) is 21.3 Å². The van der Waals surface area contributed by atoms with E-state index in [1.165, 1.54) is 16.8 Å². The normalized spacial score (nSPS) is 14.5. The molecule has 100 valence electrons. The van der Waals surface area contributed by atoms with Crippen LogP contribution in [0.25, 0.3) is 0 Å². The molecule has 1 aliphatic heterocycles. The molecule has 4 nitrogen and oxygen atoms in total. The summed E-state index contributed by atoms with van der Waals surface area (Å²) in [4.78, 5) is 2.27. The predicted molar refractivity (Wildman–Crippen MR) is 79.6 cm³/mol. The number of aromatic nitrogens is 3. The molecule has 1 N–H and O–H groups in total. The summed E-state index contributed by atoms with van der Waals surface area (Å²) in [7, 11) is 0. The highest BCUT2D eigenvalue weighted by Gasteiger charge is 2.22. The zero-order chi connectivity index (χ0) is 13.4. The monoisotopic (exact) mass is 274 g/mol. The van der Waals surface area contributed by atoms with Crippen molar-refractivity contribution in [3.63, 3.8) is 0 Å². The third-order valence-electron chi connectivity index (χ3n) is 3.65. The van der Waals surface area contributed by atoms with Crippen LogP contribution < -0.4 is 4.90 Å². The minimum Gasteiger partial charge on any atom is -0.310 e. The van der Waals surface area contributed by atoms with Crippen LogP contribution in [0.2, 0.25) is 0 Å². The predicted octanol–water partition coefficient (Wildman–Crippen LogP) is 3.35. The van der Waals surface area contributed by atoms with E-state index >= 15 is 0 Å². The van der Waals surface area contributed by atoms with Crippen LogP contribution in [0.5, 0.6) is 0 Å². The first-order valence-electron chi connectivity index (χ1n) is 6.73. The molecule has 2 heterocycles. The van der Waals surface area contributed by atoms with Crippen LogP contribution in [0.1, 0.15) is 24.5 Å². The summed E-state index contributed by atoms with van der Waals surface area (Å²) in [6.07, 6.45) is 2.30. The van der Waals surface area contributed by atoms with Gasteiger partial charge in [-0.3, -0.25) is 4.57 Å². The molecule has 0 saturated carbocycles. The number of nitrogens with one attached hydrogen (secondary N) is 1. The van der Waals surface area contributed by atoms with Crippen molar-refractivity contribution in [2.45, 2.75) is 33.2 Å². The Bertz CT molecular complexity index is 656. The number of fused-ring (bicyclic) bond motifs is 1. The first-order chi connectivity index (χ1) is 9.20. The molecular weight excluding hydrogens is 256 g/mol. The summed E-state index contributed by atoms with van der Waals surface area (Å²) in [5.41, 5.74) is 3.98. The van der Waals surface area contributed by atoms with Crippen LogP contribution in [0.3, 0.4) is 0 Å². The Morgan fingerprint density at radius 1 is 1.42 bits per heavy atom. The Morgan fingerprint density at radius 3 is 3.05 bits per heavy atom. The van der Waals surface area contributed by atoms with Gasteiger partial charge in [0.2, 0.25) is 5.95 Å². The van der Waals surface area contributed by atoms with Crippen molar-refractivity contribution in [1.82, 2.24) is 14.8 Å². The number of anilines is 2. The molecule has 0 aliphatic carbocycles. The summed E-state index contributed by atoms with van der Waals surface area (Å²) in [5, 5.41) is 7.31. The average molecular weight is 274 g/mol. The summed E-state index contributed by atoms with van der Waals surface area (Å²) in [5.74, 6) is 0.928. The van der Waals surface area contributed by atoms with Crippen molar-refractivity contribution in [1.29, 1.82) is 0 Å². The van der Waals surface area contributed by atoms with Crippen LogP contribution in [-0.2, 0) is 13.0 Å². The highest BCUT2D eigenvalue weighted by Crippen LogP contribution is 2.32. The summed E-state index contributed by atoms with van der Waals surface area (Å²) in [6.45, 7) is 6.06. The van der Waals surface area contributed by atoms with Gasteiger partial charge in [0, 0.05) is 18.8 Å². The molecule has 0 radical (unpaired) electrons. The Hall–Kier alpha value is -1.62. The van der Waals surface area contributed by atoms with Crippen LogP contribution in [0.4, 0.5) is 11.6 Å². The van der Waals surface area contributed by atoms with Crippen molar-refractivity contribution >= 4 is 23.9 Å². The average Bonchev–Trinajstić information content (AvgIpc) is 2.78. The smallest absolute Gasteiger partial charge is 0.230 e. The standard InChI is InChI=1S/C14H18N4S/c1-3-17-13(15-16-14(17)19)18-8-4-5-11-9-10(2)6-7-12(11)18/h6-7,9H,3-5,8H2,1-2H3,(H,16,19). The largest absolute Gasteiger partial charge is 0.310 e. The van der Waals surface area contributed by atoms with Gasteiger partial charge in [-0.15, -0.1) is 5.10 Å². The van der Waals surface area contributed by atoms with Gasteiger partial charge in [-0.1, -0.05) is 17.7 Å². The summed E-state index contributed by atoms with van der Waals surface area (Å²) >= 11 is 5.28. The number of aryl methyl sites for hydroxylation is 2. The second-order valence-corrected chi connectivity index (χ2v) is 5.35. The molecule has 5 heteroatoms. The number of rotatable bonds is 2. The lowest BCUT2D eigenvalue weighted by molar-refractivity contribution is 0.695. The second kappa shape index (κ2) is 4.81. The Kier molecular flexibility index (Phi) is 3.14. The topological polar surface area (TPSA) is 36.9 Å². The summed E-state index contributed by atoms with van der Waals surface area (Å²) < 4.78 is 2.74. The molecule has 0 bridgehead atoms. The lowest BCUT2D eigenvalue weighted by Crippen LogP contribution is -2.27. The van der Waals surface area contributed by atoms with Crippen molar-refractivity contribution in [3.8, 4) is 0 Å². The maximum atomic E-state index is 5.28. The number of H-pyrrole nitrogens is 1. The molecule has 0 spiro atoms. The van der Waals surface area contributed by atoms with Crippen molar-refractivity contribution < 1.29 is 0 Å². The zero-order valence-electron chi connectivity index (χ0n) is 11.3. The Balaban J connectivity index is 2.11. The van der Waals surface area contributed by atoms with Gasteiger partial charge < -0.3 is 4.90 Å². The molecule has 1 aromatic heterocycles. The van der Waals surface area contributed by atoms with Gasteiger partial charge in [0.15, 0.2) is 4.77 Å². The summed E-state index contributed by atoms with van der Waals surface area (Å²) in [6, 6.07) is 6.63. The van der Waals surface area contributed by atoms with Gasteiger partial charge in [-0.05, 0) is 50.5 Å². The maximum absolute atomic E-state index is 5.28. The molecule has 0 amide bonds. The van der Waals surface area contributed by atoms with Gasteiger partial charge in [0.25, 0.3) is 0 Å². The molecule has 0 unspecified atom stereocenters. The number of aromatic amines is 1. The number of nitrogens with zero attached hydrogens (tertiary/aromatic N) is 3. The SMILES string of the molecule is CCn1c(N2CCCc3cc(C)ccc32)n[nH]c1=S. The zero-order valence-corrected chi connectivity index (χ0v) is 12.1. The lowest BCUT2D eigenvalue weighted by atomic mass is 10.00. The van der Waals surface area contributed by atoms with E-state index in [9.17, 15) is 0 Å². The van der Waals surface area contributed by atoms with E-state index in [0.29, 0.717) is 4.77 Å². The van der Waals surface area contributed by atoms with E-state index in [1.54, 1.807) is 0 Å². The highest BCUT2D eigenvalue weighted by atomic mass is 32.1. The van der Waals surface area contributed by atoms with E-state index in [1.807, 2.05) is 4.57 Å². The number of benzene rings is 1. The van der Waals surface area contributed by atoms with E-state index in [0.717, 1.165) is 31.9 Å². The van der Waals surface area contributed by atoms with Crippen LogP contribution in [0, 0.1) is 11.7 Å². The number of hydrogen-bond donors (Lipinski definition) is 1. The Labute approximate surface area is 118 Å². The van der Waals surface area contributed by atoms with Crippen LogP contribution in [0.15, 0.2) is 18.2 Å². The van der Waals surface area contributed by atoms with Gasteiger partial charge in [0.05, 0.1) is 0 Å². The van der Waals surface area contributed by atoms with Crippen molar-refractivity contribution in [3.05, 3.63) is 34.1 Å². The van der Waals surface area contributed by atoms with Gasteiger partial charge >= 0.3 is 0 Å². The number of hydrogen-bond acceptors (Lipinski definition) is 3.